The number of rotatable bonds is 6. The summed E-state index contributed by atoms with van der Waals surface area (Å²) in [7, 11) is 0. The van der Waals surface area contributed by atoms with Gasteiger partial charge in [-0.15, -0.1) is 0 Å². The molecule has 0 radical (unpaired) electrons. The van der Waals surface area contributed by atoms with Crippen LogP contribution in [0.1, 0.15) is 37.3 Å². The lowest BCUT2D eigenvalue weighted by atomic mass is 10.0. The third-order valence-corrected chi connectivity index (χ3v) is 3.54. The number of aliphatic carboxylic acids is 1. The second-order valence-electron chi connectivity index (χ2n) is 5.05. The molecule has 1 aliphatic heterocycles. The van der Waals surface area contributed by atoms with Crippen molar-refractivity contribution in [2.24, 2.45) is 0 Å². The Hall–Kier alpha value is -1.88. The number of benzene rings is 1. The highest BCUT2D eigenvalue weighted by Crippen LogP contribution is 2.19. The van der Waals surface area contributed by atoms with Gasteiger partial charge >= 0.3 is 5.97 Å². The highest BCUT2D eigenvalue weighted by atomic mass is 16.4. The predicted octanol–water partition coefficient (Wildman–Crippen LogP) is 1.46. The average molecular weight is 276 g/mol. The summed E-state index contributed by atoms with van der Waals surface area (Å²) in [5.74, 6) is -0.888. The predicted molar refractivity (Wildman–Crippen MR) is 75.2 cm³/mol. The number of carbonyl (C=O) groups is 2. The Labute approximate surface area is 118 Å². The molecule has 5 nitrogen and oxygen atoms in total. The first-order valence-electron chi connectivity index (χ1n) is 6.97. The van der Waals surface area contributed by atoms with Crippen molar-refractivity contribution in [3.63, 3.8) is 0 Å². The monoisotopic (exact) mass is 276 g/mol. The quantitative estimate of drug-likeness (QED) is 0.735. The smallest absolute Gasteiger partial charge is 0.303 e. The zero-order chi connectivity index (χ0) is 14.4. The SMILES string of the molecule is O=C(O)CCC(NC(=O)C1CCCN1)c1ccccc1. The largest absolute Gasteiger partial charge is 0.481 e. The molecule has 1 heterocycles. The molecule has 0 aromatic heterocycles. The number of hydrogen-bond donors (Lipinski definition) is 3. The number of carboxylic acids is 1. The van der Waals surface area contributed by atoms with E-state index in [1.54, 1.807) is 0 Å². The standard InChI is InChI=1S/C15H20N2O3/c18-14(19)9-8-12(11-5-2-1-3-6-11)17-15(20)13-7-4-10-16-13/h1-3,5-6,12-13,16H,4,7-10H2,(H,17,20)(H,18,19). The summed E-state index contributed by atoms with van der Waals surface area (Å²) in [5, 5.41) is 14.9. The van der Waals surface area contributed by atoms with Gasteiger partial charge in [0, 0.05) is 6.42 Å². The molecule has 1 aliphatic rings. The van der Waals surface area contributed by atoms with Gasteiger partial charge in [0.15, 0.2) is 0 Å². The molecular formula is C15H20N2O3. The first kappa shape index (κ1) is 14.5. The maximum absolute atomic E-state index is 12.2. The molecule has 0 saturated carbocycles. The van der Waals surface area contributed by atoms with Gasteiger partial charge in [-0.25, -0.2) is 0 Å². The first-order valence-corrected chi connectivity index (χ1v) is 6.97. The molecule has 2 unspecified atom stereocenters. The van der Waals surface area contributed by atoms with Gasteiger partial charge in [0.25, 0.3) is 0 Å². The summed E-state index contributed by atoms with van der Waals surface area (Å²) >= 11 is 0. The van der Waals surface area contributed by atoms with E-state index in [1.807, 2.05) is 30.3 Å². The highest BCUT2D eigenvalue weighted by Gasteiger charge is 2.24. The number of carbonyl (C=O) groups excluding carboxylic acids is 1. The number of hydrogen-bond acceptors (Lipinski definition) is 3. The van der Waals surface area contributed by atoms with E-state index in [0.717, 1.165) is 24.9 Å². The lowest BCUT2D eigenvalue weighted by Crippen LogP contribution is -2.42. The van der Waals surface area contributed by atoms with Gasteiger partial charge in [-0.2, -0.15) is 0 Å². The zero-order valence-electron chi connectivity index (χ0n) is 11.3. The van der Waals surface area contributed by atoms with Crippen molar-refractivity contribution in [1.29, 1.82) is 0 Å². The van der Waals surface area contributed by atoms with Crippen LogP contribution in [0, 0.1) is 0 Å². The third kappa shape index (κ3) is 4.06. The van der Waals surface area contributed by atoms with Crippen LogP contribution in [-0.2, 0) is 9.59 Å². The van der Waals surface area contributed by atoms with Gasteiger partial charge in [0.1, 0.15) is 0 Å². The molecule has 2 atom stereocenters. The van der Waals surface area contributed by atoms with E-state index >= 15 is 0 Å². The van der Waals surface area contributed by atoms with Crippen molar-refractivity contribution in [2.75, 3.05) is 6.54 Å². The van der Waals surface area contributed by atoms with Crippen LogP contribution in [0.4, 0.5) is 0 Å². The number of amides is 1. The number of carboxylic acid groups (broad SMARTS) is 1. The third-order valence-electron chi connectivity index (χ3n) is 3.54. The van der Waals surface area contributed by atoms with Crippen LogP contribution in [0.3, 0.4) is 0 Å². The van der Waals surface area contributed by atoms with Crippen LogP contribution in [-0.4, -0.2) is 29.6 Å². The Morgan fingerprint density at radius 2 is 2.10 bits per heavy atom. The van der Waals surface area contributed by atoms with E-state index in [1.165, 1.54) is 0 Å². The summed E-state index contributed by atoms with van der Waals surface area (Å²) < 4.78 is 0. The summed E-state index contributed by atoms with van der Waals surface area (Å²) in [5.41, 5.74) is 0.945. The molecule has 1 aromatic carbocycles. The Morgan fingerprint density at radius 1 is 1.35 bits per heavy atom. The molecule has 0 aliphatic carbocycles. The van der Waals surface area contributed by atoms with E-state index in [2.05, 4.69) is 10.6 Å². The fourth-order valence-electron chi connectivity index (χ4n) is 2.46. The maximum Gasteiger partial charge on any atom is 0.303 e. The van der Waals surface area contributed by atoms with Crippen molar-refractivity contribution in [3.8, 4) is 0 Å². The number of nitrogens with one attached hydrogen (secondary N) is 2. The van der Waals surface area contributed by atoms with Crippen molar-refractivity contribution in [1.82, 2.24) is 10.6 Å². The summed E-state index contributed by atoms with van der Waals surface area (Å²) in [6.45, 7) is 0.864. The van der Waals surface area contributed by atoms with Crippen LogP contribution >= 0.6 is 0 Å². The van der Waals surface area contributed by atoms with Crippen LogP contribution < -0.4 is 10.6 Å². The molecule has 1 aromatic rings. The molecule has 1 amide bonds. The molecule has 3 N–H and O–H groups in total. The van der Waals surface area contributed by atoms with Crippen LogP contribution in [0.5, 0.6) is 0 Å². The van der Waals surface area contributed by atoms with Crippen molar-refractivity contribution < 1.29 is 14.7 Å². The molecule has 20 heavy (non-hydrogen) atoms. The maximum atomic E-state index is 12.2. The molecule has 2 rings (SSSR count). The fraction of sp³-hybridized carbons (Fsp3) is 0.467. The Kier molecular flexibility index (Phi) is 5.12. The van der Waals surface area contributed by atoms with Crippen molar-refractivity contribution in [3.05, 3.63) is 35.9 Å². The molecule has 1 saturated heterocycles. The minimum atomic E-state index is -0.848. The van der Waals surface area contributed by atoms with Crippen molar-refractivity contribution in [2.45, 2.75) is 37.8 Å². The van der Waals surface area contributed by atoms with E-state index in [4.69, 9.17) is 5.11 Å². The zero-order valence-corrected chi connectivity index (χ0v) is 11.3. The topological polar surface area (TPSA) is 78.4 Å². The van der Waals surface area contributed by atoms with E-state index in [9.17, 15) is 9.59 Å². The molecular weight excluding hydrogens is 256 g/mol. The minimum Gasteiger partial charge on any atom is -0.481 e. The van der Waals surface area contributed by atoms with Crippen LogP contribution in [0.25, 0.3) is 0 Å². The van der Waals surface area contributed by atoms with Gasteiger partial charge in [-0.05, 0) is 31.4 Å². The molecule has 1 fully saturated rings. The molecule has 0 bridgehead atoms. The second kappa shape index (κ2) is 7.05. The summed E-state index contributed by atoms with van der Waals surface area (Å²) in [6, 6.07) is 9.11. The van der Waals surface area contributed by atoms with E-state index in [0.29, 0.717) is 6.42 Å². The highest BCUT2D eigenvalue weighted by molar-refractivity contribution is 5.82. The second-order valence-corrected chi connectivity index (χ2v) is 5.05. The lowest BCUT2D eigenvalue weighted by molar-refractivity contribution is -0.137. The van der Waals surface area contributed by atoms with Crippen molar-refractivity contribution >= 4 is 11.9 Å². The van der Waals surface area contributed by atoms with E-state index < -0.39 is 5.97 Å². The van der Waals surface area contributed by atoms with Gasteiger partial charge in [0.05, 0.1) is 12.1 Å². The Bertz CT molecular complexity index is 455. The van der Waals surface area contributed by atoms with Gasteiger partial charge < -0.3 is 15.7 Å². The molecule has 108 valence electrons. The minimum absolute atomic E-state index is 0.0396. The van der Waals surface area contributed by atoms with Crippen LogP contribution in [0.15, 0.2) is 30.3 Å². The Balaban J connectivity index is 2.01. The normalized spacial score (nSPS) is 19.5. The van der Waals surface area contributed by atoms with Gasteiger partial charge in [-0.3, -0.25) is 9.59 Å². The van der Waals surface area contributed by atoms with Crippen LogP contribution in [0.2, 0.25) is 0 Å². The lowest BCUT2D eigenvalue weighted by Gasteiger charge is -2.21. The fourth-order valence-corrected chi connectivity index (χ4v) is 2.46. The van der Waals surface area contributed by atoms with E-state index in [-0.39, 0.29) is 24.4 Å². The summed E-state index contributed by atoms with van der Waals surface area (Å²) in [4.78, 5) is 22.9. The Morgan fingerprint density at radius 3 is 2.70 bits per heavy atom. The van der Waals surface area contributed by atoms with Gasteiger partial charge in [0.2, 0.25) is 5.91 Å². The summed E-state index contributed by atoms with van der Waals surface area (Å²) in [6.07, 6.45) is 2.28. The first-order chi connectivity index (χ1) is 9.66. The average Bonchev–Trinajstić information content (AvgIpc) is 2.98. The molecule has 5 heteroatoms. The molecule has 0 spiro atoms. The van der Waals surface area contributed by atoms with Gasteiger partial charge in [-0.1, -0.05) is 30.3 Å².